The highest BCUT2D eigenvalue weighted by molar-refractivity contribution is 8.18. The number of ether oxygens (including phenoxy) is 7. The predicted octanol–water partition coefficient (Wildman–Crippen LogP) is 12.7. The first kappa shape index (κ1) is 53.3. The predicted molar refractivity (Wildman–Crippen MR) is 287 cm³/mol. The fourth-order valence-electron chi connectivity index (χ4n) is 9.76. The molecule has 11 heteroatoms. The smallest absolute Gasteiger partial charge is 0.338 e. The second-order valence-corrected chi connectivity index (χ2v) is 21.7. The Hall–Kier alpha value is -4.95. The highest BCUT2D eigenvalue weighted by Gasteiger charge is 2.66. The first-order chi connectivity index (χ1) is 35.2. The van der Waals surface area contributed by atoms with Crippen LogP contribution in [0.5, 0.6) is 5.75 Å². The van der Waals surface area contributed by atoms with Gasteiger partial charge in [-0.3, -0.25) is 0 Å². The van der Waals surface area contributed by atoms with Crippen molar-refractivity contribution in [3.05, 3.63) is 209 Å². The second kappa shape index (κ2) is 26.3. The zero-order chi connectivity index (χ0) is 50.2. The minimum Gasteiger partial charge on any atom is -0.489 e. The molecule has 1 N–H and O–H groups in total. The normalized spacial score (nSPS) is 25.9. The maximum atomic E-state index is 13.2. The van der Waals surface area contributed by atoms with Crippen molar-refractivity contribution in [1.82, 2.24) is 0 Å². The molecule has 72 heavy (non-hydrogen) atoms. The van der Waals surface area contributed by atoms with E-state index in [1.165, 1.54) is 0 Å². The van der Waals surface area contributed by atoms with Crippen molar-refractivity contribution in [3.63, 3.8) is 0 Å². The van der Waals surface area contributed by atoms with Crippen molar-refractivity contribution in [3.8, 4) is 5.75 Å². The number of aliphatic hydroxyl groups is 1. The van der Waals surface area contributed by atoms with Crippen molar-refractivity contribution in [2.45, 2.75) is 126 Å². The molecule has 0 bridgehead atoms. The number of cyclic esters (lactones) is 1. The molecule has 380 valence electrons. The average Bonchev–Trinajstić information content (AvgIpc) is 3.44. The van der Waals surface area contributed by atoms with E-state index in [0.29, 0.717) is 33.0 Å². The van der Waals surface area contributed by atoms with Gasteiger partial charge in [-0.1, -0.05) is 191 Å². The van der Waals surface area contributed by atoms with E-state index in [1.807, 2.05) is 134 Å². The zero-order valence-corrected chi connectivity index (χ0v) is 43.6. The van der Waals surface area contributed by atoms with Crippen LogP contribution in [0.4, 0.5) is 0 Å². The maximum absolute atomic E-state index is 13.2. The molecule has 0 unspecified atom stereocenters. The molecule has 9 atom stereocenters. The number of carbonyl (C=O) groups excluding carboxylic acids is 1. The Kier molecular flexibility index (Phi) is 19.5. The zero-order valence-electron chi connectivity index (χ0n) is 42.0. The Morgan fingerprint density at radius 2 is 0.944 bits per heavy atom. The topological polar surface area (TPSA) is 102 Å². The van der Waals surface area contributed by atoms with Crippen molar-refractivity contribution in [1.29, 1.82) is 0 Å². The lowest BCUT2D eigenvalue weighted by Crippen LogP contribution is -2.69. The maximum Gasteiger partial charge on any atom is 0.338 e. The summed E-state index contributed by atoms with van der Waals surface area (Å²) in [6, 6.07) is 58.5. The number of carbonyl (C=O) groups is 1. The molecule has 0 radical (unpaired) electrons. The third-order valence-corrected chi connectivity index (χ3v) is 17.4. The Morgan fingerprint density at radius 3 is 1.42 bits per heavy atom. The first-order valence-corrected chi connectivity index (χ1v) is 27.5. The lowest BCUT2D eigenvalue weighted by molar-refractivity contribution is -0.357. The molecular formula is C61H70O9S2. The van der Waals surface area contributed by atoms with Gasteiger partial charge in [-0.15, -0.1) is 23.5 Å². The molecule has 3 aliphatic rings. The first-order valence-electron chi connectivity index (χ1n) is 25.5. The summed E-state index contributed by atoms with van der Waals surface area (Å²) < 4.78 is 43.5. The summed E-state index contributed by atoms with van der Waals surface area (Å²) in [4.78, 5) is 12.5. The monoisotopic (exact) mass is 1010 g/mol. The standard InChI is InChI=1S/C39H44O5S2.C22H26O4/c1-3-35-29(2)36(42-27-31-16-9-5-10-17-31)37(43-28-32-18-11-6-12-19-32)38(40,44-35)39(45-24-13-25-46-39)33-20-22-34(23-21-33)41-26-30-14-7-4-8-15-30;1-3-19-16(2)20(24-14-17-10-6-4-7-11-17)21(22(23)26-19)25-15-18-12-8-5-9-13-18/h4-12,14-23,29,35-37,40H,3,13,24-28H2,1-2H3;4-13,16,19-21H,3,14-15H2,1-2H3/t29-,35-,36+,37-,38-;16-,19-,20+,21-/m11/s1. The van der Waals surface area contributed by atoms with Crippen LogP contribution in [0.15, 0.2) is 176 Å². The number of hydrogen-bond donors (Lipinski definition) is 1. The van der Waals surface area contributed by atoms with Crippen LogP contribution in [-0.2, 0) is 70.3 Å². The van der Waals surface area contributed by atoms with Gasteiger partial charge in [0.25, 0.3) is 0 Å². The van der Waals surface area contributed by atoms with Crippen LogP contribution in [0.1, 0.15) is 80.3 Å². The molecule has 3 aliphatic heterocycles. The summed E-state index contributed by atoms with van der Waals surface area (Å²) in [5.41, 5.74) is 6.32. The molecule has 6 aromatic carbocycles. The van der Waals surface area contributed by atoms with Crippen molar-refractivity contribution < 1.29 is 43.1 Å². The Balaban J connectivity index is 0.000000226. The van der Waals surface area contributed by atoms with Crippen LogP contribution in [0.3, 0.4) is 0 Å². The van der Waals surface area contributed by atoms with Gasteiger partial charge in [0.1, 0.15) is 34.7 Å². The molecule has 0 aromatic heterocycles. The fraction of sp³-hybridized carbons (Fsp3) is 0.393. The number of benzene rings is 6. The number of thioether (sulfide) groups is 2. The number of esters is 1. The van der Waals surface area contributed by atoms with E-state index in [2.05, 4.69) is 69.3 Å². The summed E-state index contributed by atoms with van der Waals surface area (Å²) in [6.45, 7) is 10.4. The van der Waals surface area contributed by atoms with Gasteiger partial charge in [-0.05, 0) is 76.3 Å². The fourth-order valence-corrected chi connectivity index (χ4v) is 13.3. The van der Waals surface area contributed by atoms with Gasteiger partial charge in [0.05, 0.1) is 38.6 Å². The van der Waals surface area contributed by atoms with Crippen LogP contribution < -0.4 is 4.74 Å². The summed E-state index contributed by atoms with van der Waals surface area (Å²) >= 11 is 3.50. The van der Waals surface area contributed by atoms with E-state index in [9.17, 15) is 9.90 Å². The third-order valence-electron chi connectivity index (χ3n) is 13.8. The van der Waals surface area contributed by atoms with Gasteiger partial charge in [0, 0.05) is 11.8 Å². The Bertz CT molecular complexity index is 2500. The largest absolute Gasteiger partial charge is 0.489 e. The third kappa shape index (κ3) is 13.2. The van der Waals surface area contributed by atoms with Crippen LogP contribution in [0.25, 0.3) is 0 Å². The summed E-state index contributed by atoms with van der Waals surface area (Å²) in [5.74, 6) is 0.644. The van der Waals surface area contributed by atoms with Gasteiger partial charge >= 0.3 is 5.97 Å². The van der Waals surface area contributed by atoms with E-state index >= 15 is 0 Å². The molecule has 0 saturated carbocycles. The average molecular weight is 1010 g/mol. The molecule has 9 nitrogen and oxygen atoms in total. The lowest BCUT2D eigenvalue weighted by Gasteiger charge is -2.57. The van der Waals surface area contributed by atoms with Crippen LogP contribution in [0.2, 0.25) is 0 Å². The lowest BCUT2D eigenvalue weighted by atomic mass is 9.82. The van der Waals surface area contributed by atoms with Crippen LogP contribution >= 0.6 is 23.5 Å². The minimum atomic E-state index is -1.68. The van der Waals surface area contributed by atoms with Crippen molar-refractivity contribution in [2.24, 2.45) is 11.8 Å². The molecule has 3 saturated heterocycles. The van der Waals surface area contributed by atoms with Crippen LogP contribution in [0, 0.1) is 11.8 Å². The summed E-state index contributed by atoms with van der Waals surface area (Å²) in [5, 5.41) is 13.2. The molecule has 3 heterocycles. The van der Waals surface area contributed by atoms with E-state index in [1.54, 1.807) is 23.5 Å². The summed E-state index contributed by atoms with van der Waals surface area (Å²) in [6.07, 6.45) is 0.0315. The Morgan fingerprint density at radius 1 is 0.528 bits per heavy atom. The molecule has 0 spiro atoms. The van der Waals surface area contributed by atoms with Crippen molar-refractivity contribution in [2.75, 3.05) is 11.5 Å². The van der Waals surface area contributed by atoms with Gasteiger partial charge in [0.15, 0.2) is 6.10 Å². The number of hydrogen-bond acceptors (Lipinski definition) is 11. The van der Waals surface area contributed by atoms with Gasteiger partial charge in [0.2, 0.25) is 5.79 Å². The number of rotatable bonds is 19. The minimum absolute atomic E-state index is 0.000774. The second-order valence-electron chi connectivity index (χ2n) is 18.8. The highest BCUT2D eigenvalue weighted by atomic mass is 32.2. The SMILES string of the molecule is CC[C@H]1OC(=O)[C@H](OCc2ccccc2)[C@@H](OCc2ccccc2)[C@@H]1C.CC[C@H]1O[C@@](O)(C2(c3ccc(OCc4ccccc4)cc3)SCCCS2)[C@H](OCc2ccccc2)[C@@H](OCc2ccccc2)[C@@H]1C. The summed E-state index contributed by atoms with van der Waals surface area (Å²) in [7, 11) is 0. The van der Waals surface area contributed by atoms with E-state index in [0.717, 1.165) is 69.9 Å². The van der Waals surface area contributed by atoms with Gasteiger partial charge < -0.3 is 38.3 Å². The van der Waals surface area contributed by atoms with E-state index in [4.69, 9.17) is 33.2 Å². The van der Waals surface area contributed by atoms with Gasteiger partial charge in [-0.2, -0.15) is 0 Å². The molecule has 3 fully saturated rings. The molecule has 6 aromatic rings. The molecule has 9 rings (SSSR count). The molecular weight excluding hydrogens is 941 g/mol. The van der Waals surface area contributed by atoms with E-state index < -0.39 is 28.2 Å². The van der Waals surface area contributed by atoms with Crippen molar-refractivity contribution >= 4 is 29.5 Å². The van der Waals surface area contributed by atoms with Gasteiger partial charge in [-0.25, -0.2) is 4.79 Å². The quantitative estimate of drug-likeness (QED) is 0.0785. The van der Waals surface area contributed by atoms with E-state index in [-0.39, 0.29) is 36.1 Å². The molecule has 0 aliphatic carbocycles. The van der Waals surface area contributed by atoms with Crippen LogP contribution in [-0.4, -0.2) is 65.0 Å². The molecule has 0 amide bonds. The highest BCUT2D eigenvalue weighted by Crippen LogP contribution is 2.61. The Labute approximate surface area is 435 Å².